The van der Waals surface area contributed by atoms with E-state index in [0.717, 1.165) is 31.5 Å². The van der Waals surface area contributed by atoms with Crippen LogP contribution in [0.4, 0.5) is 5.82 Å². The van der Waals surface area contributed by atoms with Crippen LogP contribution in [-0.2, 0) is 11.3 Å². The molecule has 0 atom stereocenters. The Morgan fingerprint density at radius 1 is 1.41 bits per heavy atom. The van der Waals surface area contributed by atoms with E-state index in [-0.39, 0.29) is 0 Å². The number of ether oxygens (including phenoxy) is 1. The Bertz CT molecular complexity index is 339. The highest BCUT2D eigenvalue weighted by atomic mass is 16.5. The van der Waals surface area contributed by atoms with Gasteiger partial charge in [0.2, 0.25) is 0 Å². The van der Waals surface area contributed by atoms with Gasteiger partial charge in [0.1, 0.15) is 11.6 Å². The third-order valence-corrected chi connectivity index (χ3v) is 3.08. The Balaban J connectivity index is 1.62. The van der Waals surface area contributed by atoms with Crippen LogP contribution in [0.15, 0.2) is 12.3 Å². The third kappa shape index (κ3) is 4.28. The number of hydrogen-bond acceptors (Lipinski definition) is 5. The van der Waals surface area contributed by atoms with Crippen LogP contribution in [0.5, 0.6) is 0 Å². The van der Waals surface area contributed by atoms with Gasteiger partial charge in [0.05, 0.1) is 6.54 Å². The number of hydrogen-bond donors (Lipinski definition) is 2. The second kappa shape index (κ2) is 6.51. The predicted octanol–water partition coefficient (Wildman–Crippen LogP) is 0.965. The van der Waals surface area contributed by atoms with Crippen molar-refractivity contribution in [1.82, 2.24) is 15.3 Å². The van der Waals surface area contributed by atoms with E-state index in [2.05, 4.69) is 15.3 Å². The second-order valence-electron chi connectivity index (χ2n) is 4.42. The average Bonchev–Trinajstić information content (AvgIpc) is 2.36. The number of nitrogen functional groups attached to an aromatic ring is 1. The van der Waals surface area contributed by atoms with Crippen LogP contribution in [0, 0.1) is 5.92 Å². The van der Waals surface area contributed by atoms with E-state index < -0.39 is 0 Å². The molecule has 3 N–H and O–H groups in total. The predicted molar refractivity (Wildman–Crippen MR) is 66.3 cm³/mol. The van der Waals surface area contributed by atoms with Crippen LogP contribution in [0.1, 0.15) is 25.1 Å². The summed E-state index contributed by atoms with van der Waals surface area (Å²) in [6, 6.07) is 1.70. The molecule has 0 bridgehead atoms. The van der Waals surface area contributed by atoms with E-state index in [1.54, 1.807) is 12.3 Å². The van der Waals surface area contributed by atoms with Crippen molar-refractivity contribution in [1.29, 1.82) is 0 Å². The van der Waals surface area contributed by atoms with Crippen molar-refractivity contribution in [2.45, 2.75) is 25.8 Å². The highest BCUT2D eigenvalue weighted by Crippen LogP contribution is 2.17. The second-order valence-corrected chi connectivity index (χ2v) is 4.42. The first kappa shape index (κ1) is 12.3. The minimum atomic E-state index is 0.529. The van der Waals surface area contributed by atoms with Crippen LogP contribution in [0.3, 0.4) is 0 Å². The van der Waals surface area contributed by atoms with Gasteiger partial charge in [-0.1, -0.05) is 0 Å². The summed E-state index contributed by atoms with van der Waals surface area (Å²) >= 11 is 0. The van der Waals surface area contributed by atoms with Gasteiger partial charge >= 0.3 is 0 Å². The van der Waals surface area contributed by atoms with Crippen LogP contribution in [0.25, 0.3) is 0 Å². The zero-order valence-electron chi connectivity index (χ0n) is 10.1. The quantitative estimate of drug-likeness (QED) is 0.745. The molecule has 1 saturated heterocycles. The largest absolute Gasteiger partial charge is 0.384 e. The summed E-state index contributed by atoms with van der Waals surface area (Å²) in [6.45, 7) is 3.53. The van der Waals surface area contributed by atoms with Crippen LogP contribution < -0.4 is 11.1 Å². The normalized spacial score (nSPS) is 17.2. The highest BCUT2D eigenvalue weighted by molar-refractivity contribution is 5.24. The third-order valence-electron chi connectivity index (χ3n) is 3.08. The molecule has 5 nitrogen and oxygen atoms in total. The summed E-state index contributed by atoms with van der Waals surface area (Å²) in [5.41, 5.74) is 5.59. The molecular formula is C12H20N4O. The molecule has 1 fully saturated rings. The smallest absolute Gasteiger partial charge is 0.144 e. The molecule has 0 aromatic carbocycles. The molecular weight excluding hydrogens is 216 g/mol. The Kier molecular flexibility index (Phi) is 4.70. The molecule has 0 unspecified atom stereocenters. The van der Waals surface area contributed by atoms with Gasteiger partial charge in [0.15, 0.2) is 0 Å². The topological polar surface area (TPSA) is 73.1 Å². The van der Waals surface area contributed by atoms with Crippen molar-refractivity contribution in [3.8, 4) is 0 Å². The van der Waals surface area contributed by atoms with E-state index in [1.165, 1.54) is 19.3 Å². The molecule has 0 radical (unpaired) electrons. The summed E-state index contributed by atoms with van der Waals surface area (Å²) in [7, 11) is 0. The summed E-state index contributed by atoms with van der Waals surface area (Å²) in [5, 5.41) is 3.35. The van der Waals surface area contributed by atoms with Gasteiger partial charge < -0.3 is 15.8 Å². The number of rotatable bonds is 5. The van der Waals surface area contributed by atoms with Gasteiger partial charge in [-0.2, -0.15) is 0 Å². The van der Waals surface area contributed by atoms with Crippen LogP contribution in [0.2, 0.25) is 0 Å². The zero-order valence-corrected chi connectivity index (χ0v) is 10.1. The van der Waals surface area contributed by atoms with E-state index in [0.29, 0.717) is 12.4 Å². The maximum Gasteiger partial charge on any atom is 0.144 e. The maximum absolute atomic E-state index is 5.59. The summed E-state index contributed by atoms with van der Waals surface area (Å²) in [4.78, 5) is 8.29. The Hall–Kier alpha value is -1.20. The molecule has 0 spiro atoms. The average molecular weight is 236 g/mol. The Morgan fingerprint density at radius 2 is 2.24 bits per heavy atom. The number of nitrogens with two attached hydrogens (primary N) is 1. The van der Waals surface area contributed by atoms with Crippen molar-refractivity contribution in [2.24, 2.45) is 5.92 Å². The standard InChI is InChI=1S/C12H20N4O/c13-11-2-6-15-12(16-11)9-14-5-1-10-3-7-17-8-4-10/h2,6,10,14H,1,3-5,7-9H2,(H2,13,15,16). The van der Waals surface area contributed by atoms with E-state index in [4.69, 9.17) is 10.5 Å². The molecule has 1 aromatic heterocycles. The van der Waals surface area contributed by atoms with Crippen molar-refractivity contribution >= 4 is 5.82 Å². The summed E-state index contributed by atoms with van der Waals surface area (Å²) in [6.07, 6.45) is 5.27. The van der Waals surface area contributed by atoms with Crippen molar-refractivity contribution in [2.75, 3.05) is 25.5 Å². The molecule has 94 valence electrons. The van der Waals surface area contributed by atoms with Crippen LogP contribution >= 0.6 is 0 Å². The molecule has 1 aliphatic rings. The minimum Gasteiger partial charge on any atom is -0.384 e. The molecule has 0 amide bonds. The molecule has 5 heteroatoms. The lowest BCUT2D eigenvalue weighted by Crippen LogP contribution is -2.22. The fourth-order valence-corrected chi connectivity index (χ4v) is 2.04. The Morgan fingerprint density at radius 3 is 3.00 bits per heavy atom. The van der Waals surface area contributed by atoms with Gasteiger partial charge in [0.25, 0.3) is 0 Å². The van der Waals surface area contributed by atoms with Crippen molar-refractivity contribution in [3.05, 3.63) is 18.1 Å². The summed E-state index contributed by atoms with van der Waals surface area (Å²) in [5.74, 6) is 2.09. The maximum atomic E-state index is 5.59. The lowest BCUT2D eigenvalue weighted by molar-refractivity contribution is 0.0639. The van der Waals surface area contributed by atoms with E-state index >= 15 is 0 Å². The van der Waals surface area contributed by atoms with E-state index in [1.807, 2.05) is 0 Å². The molecule has 2 heterocycles. The van der Waals surface area contributed by atoms with Gasteiger partial charge in [-0.15, -0.1) is 0 Å². The Labute approximate surface area is 102 Å². The number of nitrogens with zero attached hydrogens (tertiary/aromatic N) is 2. The lowest BCUT2D eigenvalue weighted by atomic mass is 9.97. The molecule has 2 rings (SSSR count). The molecule has 0 aliphatic carbocycles. The minimum absolute atomic E-state index is 0.529. The zero-order chi connectivity index (χ0) is 11.9. The van der Waals surface area contributed by atoms with Gasteiger partial charge in [0, 0.05) is 19.4 Å². The van der Waals surface area contributed by atoms with Crippen molar-refractivity contribution < 1.29 is 4.74 Å². The number of anilines is 1. The monoisotopic (exact) mass is 236 g/mol. The van der Waals surface area contributed by atoms with Crippen molar-refractivity contribution in [3.63, 3.8) is 0 Å². The molecule has 1 aromatic rings. The molecule has 1 aliphatic heterocycles. The van der Waals surface area contributed by atoms with Gasteiger partial charge in [-0.3, -0.25) is 0 Å². The first-order chi connectivity index (χ1) is 8.34. The first-order valence-corrected chi connectivity index (χ1v) is 6.20. The number of aromatic nitrogens is 2. The first-order valence-electron chi connectivity index (χ1n) is 6.20. The lowest BCUT2D eigenvalue weighted by Gasteiger charge is -2.21. The van der Waals surface area contributed by atoms with Gasteiger partial charge in [-0.25, -0.2) is 9.97 Å². The fourth-order valence-electron chi connectivity index (χ4n) is 2.04. The van der Waals surface area contributed by atoms with Crippen LogP contribution in [-0.4, -0.2) is 29.7 Å². The molecule has 0 saturated carbocycles. The SMILES string of the molecule is Nc1ccnc(CNCCC2CCOCC2)n1. The molecule has 17 heavy (non-hydrogen) atoms. The highest BCUT2D eigenvalue weighted by Gasteiger charge is 2.12. The van der Waals surface area contributed by atoms with Gasteiger partial charge in [-0.05, 0) is 37.8 Å². The number of nitrogens with one attached hydrogen (secondary N) is 1. The summed E-state index contributed by atoms with van der Waals surface area (Å²) < 4.78 is 5.33. The fraction of sp³-hybridized carbons (Fsp3) is 0.667. The van der Waals surface area contributed by atoms with E-state index in [9.17, 15) is 0 Å².